The number of hydrogen-bond acceptors (Lipinski definition) is 4. The lowest BCUT2D eigenvalue weighted by Gasteiger charge is -2.33. The van der Waals surface area contributed by atoms with Crippen LogP contribution in [0.25, 0.3) is 0 Å². The molecule has 132 valence electrons. The van der Waals surface area contributed by atoms with Gasteiger partial charge in [-0.25, -0.2) is 8.42 Å². The van der Waals surface area contributed by atoms with E-state index in [-0.39, 0.29) is 9.92 Å². The van der Waals surface area contributed by atoms with Crippen LogP contribution >= 0.6 is 11.6 Å². The highest BCUT2D eigenvalue weighted by atomic mass is 35.5. The second kappa shape index (κ2) is 6.63. The van der Waals surface area contributed by atoms with Crippen LogP contribution in [-0.2, 0) is 16.3 Å². The van der Waals surface area contributed by atoms with Gasteiger partial charge in [-0.2, -0.15) is 0 Å². The molecule has 0 unspecified atom stereocenters. The molecule has 0 amide bonds. The lowest BCUT2D eigenvalue weighted by molar-refractivity contribution is 0.435. The Bertz CT molecular complexity index is 892. The van der Waals surface area contributed by atoms with E-state index in [2.05, 4.69) is 10.2 Å². The number of fused-ring (bicyclic) bond motifs is 1. The van der Waals surface area contributed by atoms with Gasteiger partial charge in [-0.1, -0.05) is 23.7 Å². The summed E-state index contributed by atoms with van der Waals surface area (Å²) in [6.45, 7) is 3.07. The van der Waals surface area contributed by atoms with Crippen LogP contribution < -0.4 is 10.2 Å². The first kappa shape index (κ1) is 16.9. The number of anilines is 1. The number of hydrogen-bond donors (Lipinski definition) is 1. The van der Waals surface area contributed by atoms with E-state index in [1.165, 1.54) is 5.69 Å². The summed E-state index contributed by atoms with van der Waals surface area (Å²) >= 11 is 6.11. The Morgan fingerprint density at radius 3 is 2.60 bits per heavy atom. The predicted octanol–water partition coefficient (Wildman–Crippen LogP) is 3.29. The Morgan fingerprint density at radius 2 is 1.84 bits per heavy atom. The minimum atomic E-state index is -3.59. The van der Waals surface area contributed by atoms with E-state index in [0.717, 1.165) is 44.5 Å². The number of piperidine rings is 1. The molecular weight excluding hydrogens is 356 g/mol. The maximum Gasteiger partial charge on any atom is 0.208 e. The van der Waals surface area contributed by atoms with Crippen molar-refractivity contribution in [1.82, 2.24) is 5.32 Å². The van der Waals surface area contributed by atoms with Gasteiger partial charge in [0.25, 0.3) is 0 Å². The van der Waals surface area contributed by atoms with Crippen molar-refractivity contribution in [3.63, 3.8) is 0 Å². The van der Waals surface area contributed by atoms with Crippen molar-refractivity contribution >= 4 is 27.1 Å². The first-order valence-electron chi connectivity index (χ1n) is 8.67. The van der Waals surface area contributed by atoms with Gasteiger partial charge in [-0.3, -0.25) is 0 Å². The lowest BCUT2D eigenvalue weighted by atomic mass is 10.0. The van der Waals surface area contributed by atoms with Crippen molar-refractivity contribution in [2.75, 3.05) is 24.5 Å². The van der Waals surface area contributed by atoms with Crippen LogP contribution in [0, 0.1) is 0 Å². The molecule has 2 aliphatic heterocycles. The fourth-order valence-electron chi connectivity index (χ4n) is 3.86. The van der Waals surface area contributed by atoms with Gasteiger partial charge in [0.15, 0.2) is 0 Å². The summed E-state index contributed by atoms with van der Waals surface area (Å²) in [5.41, 5.74) is 2.30. The second-order valence-corrected chi connectivity index (χ2v) is 8.97. The van der Waals surface area contributed by atoms with Crippen LogP contribution in [-0.4, -0.2) is 34.1 Å². The first-order chi connectivity index (χ1) is 12.1. The average Bonchev–Trinajstić information content (AvgIpc) is 3.06. The van der Waals surface area contributed by atoms with Gasteiger partial charge < -0.3 is 10.2 Å². The highest BCUT2D eigenvalue weighted by molar-refractivity contribution is 7.91. The zero-order valence-corrected chi connectivity index (χ0v) is 15.5. The van der Waals surface area contributed by atoms with E-state index < -0.39 is 9.84 Å². The third-order valence-corrected chi connectivity index (χ3v) is 7.42. The fourth-order valence-corrected chi connectivity index (χ4v) is 5.68. The smallest absolute Gasteiger partial charge is 0.208 e. The molecule has 2 aromatic carbocycles. The van der Waals surface area contributed by atoms with E-state index in [1.807, 2.05) is 12.1 Å². The second-order valence-electron chi connectivity index (χ2n) is 6.65. The molecule has 0 aromatic heterocycles. The SMILES string of the molecule is O=S(=O)(c1ccc2c(c1)CCN2C1CCNCC1)c1ccccc1Cl. The number of sulfone groups is 1. The van der Waals surface area contributed by atoms with Crippen LogP contribution in [0.4, 0.5) is 5.69 Å². The molecule has 4 nitrogen and oxygen atoms in total. The third-order valence-electron chi connectivity index (χ3n) is 5.17. The van der Waals surface area contributed by atoms with Crippen molar-refractivity contribution in [2.45, 2.75) is 35.1 Å². The van der Waals surface area contributed by atoms with E-state index in [0.29, 0.717) is 10.9 Å². The number of rotatable bonds is 3. The van der Waals surface area contributed by atoms with E-state index in [9.17, 15) is 8.42 Å². The summed E-state index contributed by atoms with van der Waals surface area (Å²) in [6, 6.07) is 12.7. The summed E-state index contributed by atoms with van der Waals surface area (Å²) in [4.78, 5) is 2.94. The maximum atomic E-state index is 12.9. The van der Waals surface area contributed by atoms with Crippen LogP contribution in [0.5, 0.6) is 0 Å². The van der Waals surface area contributed by atoms with Gasteiger partial charge in [0.2, 0.25) is 9.84 Å². The molecule has 1 fully saturated rings. The van der Waals surface area contributed by atoms with Gasteiger partial charge in [0, 0.05) is 18.3 Å². The Balaban J connectivity index is 1.67. The molecule has 0 atom stereocenters. The highest BCUT2D eigenvalue weighted by Crippen LogP contribution is 2.35. The molecule has 2 heterocycles. The summed E-state index contributed by atoms with van der Waals surface area (Å²) in [7, 11) is -3.59. The van der Waals surface area contributed by atoms with Crippen molar-refractivity contribution in [1.29, 1.82) is 0 Å². The van der Waals surface area contributed by atoms with Crippen molar-refractivity contribution < 1.29 is 8.42 Å². The normalized spacial score (nSPS) is 18.4. The topological polar surface area (TPSA) is 49.4 Å². The van der Waals surface area contributed by atoms with Gasteiger partial charge in [0.05, 0.1) is 14.8 Å². The quantitative estimate of drug-likeness (QED) is 0.893. The molecule has 2 aliphatic rings. The summed E-state index contributed by atoms with van der Waals surface area (Å²) in [6.07, 6.45) is 3.17. The van der Waals surface area contributed by atoms with Crippen LogP contribution in [0.1, 0.15) is 18.4 Å². The van der Waals surface area contributed by atoms with Crippen molar-refractivity contribution in [2.24, 2.45) is 0 Å². The monoisotopic (exact) mass is 376 g/mol. The van der Waals surface area contributed by atoms with E-state index in [4.69, 9.17) is 11.6 Å². The van der Waals surface area contributed by atoms with E-state index >= 15 is 0 Å². The Hall–Kier alpha value is -1.56. The molecule has 0 spiro atoms. The maximum absolute atomic E-state index is 12.9. The fraction of sp³-hybridized carbons (Fsp3) is 0.368. The molecule has 4 rings (SSSR count). The largest absolute Gasteiger partial charge is 0.368 e. The van der Waals surface area contributed by atoms with Crippen molar-refractivity contribution in [3.8, 4) is 0 Å². The minimum Gasteiger partial charge on any atom is -0.368 e. The van der Waals surface area contributed by atoms with Gasteiger partial charge in [-0.15, -0.1) is 0 Å². The number of benzene rings is 2. The molecule has 1 N–H and O–H groups in total. The van der Waals surface area contributed by atoms with Gasteiger partial charge >= 0.3 is 0 Å². The zero-order chi connectivity index (χ0) is 17.4. The Morgan fingerprint density at radius 1 is 1.08 bits per heavy atom. The molecule has 0 bridgehead atoms. The van der Waals surface area contributed by atoms with Crippen LogP contribution in [0.15, 0.2) is 52.3 Å². The highest BCUT2D eigenvalue weighted by Gasteiger charge is 2.29. The Kier molecular flexibility index (Phi) is 4.48. The number of nitrogens with zero attached hydrogens (tertiary/aromatic N) is 1. The molecule has 2 aromatic rings. The lowest BCUT2D eigenvalue weighted by Crippen LogP contribution is -2.42. The van der Waals surface area contributed by atoms with Gasteiger partial charge in [-0.05, 0) is 68.2 Å². The van der Waals surface area contributed by atoms with E-state index in [1.54, 1.807) is 30.3 Å². The number of halogens is 1. The predicted molar refractivity (Wildman–Crippen MR) is 100 cm³/mol. The summed E-state index contributed by atoms with van der Waals surface area (Å²) < 4.78 is 25.9. The molecule has 0 aliphatic carbocycles. The van der Waals surface area contributed by atoms with Gasteiger partial charge in [0.1, 0.15) is 0 Å². The third kappa shape index (κ3) is 3.05. The molecule has 6 heteroatoms. The van der Waals surface area contributed by atoms with Crippen LogP contribution in [0.2, 0.25) is 5.02 Å². The Labute approximate surface area is 153 Å². The molecule has 0 saturated carbocycles. The summed E-state index contributed by atoms with van der Waals surface area (Å²) in [5.74, 6) is 0. The molecule has 1 saturated heterocycles. The molecule has 0 radical (unpaired) electrons. The zero-order valence-electron chi connectivity index (χ0n) is 13.9. The standard InChI is InChI=1S/C19H21ClN2O2S/c20-17-3-1-2-4-19(17)25(23,24)16-5-6-18-14(13-16)9-12-22(18)15-7-10-21-11-8-15/h1-6,13,15,21H,7-12H2. The van der Waals surface area contributed by atoms with Crippen molar-refractivity contribution in [3.05, 3.63) is 53.1 Å². The average molecular weight is 377 g/mol. The summed E-state index contributed by atoms with van der Waals surface area (Å²) in [5, 5.41) is 3.66. The molecular formula is C19H21ClN2O2S. The number of nitrogens with one attached hydrogen (secondary N) is 1. The van der Waals surface area contributed by atoms with Crippen LogP contribution in [0.3, 0.4) is 0 Å². The molecule has 25 heavy (non-hydrogen) atoms. The first-order valence-corrected chi connectivity index (χ1v) is 10.5. The minimum absolute atomic E-state index is 0.171.